The topological polar surface area (TPSA) is 60.1 Å². The first-order valence-corrected chi connectivity index (χ1v) is 9.67. The van der Waals surface area contributed by atoms with Crippen LogP contribution in [0.2, 0.25) is 0 Å². The average molecular weight is 410 g/mol. The summed E-state index contributed by atoms with van der Waals surface area (Å²) in [5.74, 6) is -0.803. The highest BCUT2D eigenvalue weighted by molar-refractivity contribution is 5.78. The summed E-state index contributed by atoms with van der Waals surface area (Å²) in [5.41, 5.74) is 1.35. The van der Waals surface area contributed by atoms with Gasteiger partial charge in [-0.2, -0.15) is 13.2 Å². The number of hydrogen-bond donors (Lipinski definition) is 0. The largest absolute Gasteiger partial charge is 0.451 e. The molecule has 0 radical (unpaired) electrons. The maximum Gasteiger partial charge on any atom is 0.451 e. The number of aromatic nitrogens is 3. The lowest BCUT2D eigenvalue weighted by molar-refractivity contribution is -0.147. The van der Waals surface area contributed by atoms with Crippen molar-refractivity contribution in [1.29, 1.82) is 0 Å². The SMILES string of the molecule is CC(C)c1ccc(CC(=O)N2CCC(n3nc(C(F)(F)F)n(C)c3=O)CC2)cc1. The molecular formula is C20H25F3N4O2. The van der Waals surface area contributed by atoms with Gasteiger partial charge in [0.05, 0.1) is 12.5 Å². The van der Waals surface area contributed by atoms with Gasteiger partial charge in [-0.25, -0.2) is 9.48 Å². The predicted molar refractivity (Wildman–Crippen MR) is 102 cm³/mol. The maximum atomic E-state index is 13.0. The second-order valence-electron chi connectivity index (χ2n) is 7.79. The highest BCUT2D eigenvalue weighted by Gasteiger charge is 2.39. The van der Waals surface area contributed by atoms with E-state index in [1.165, 1.54) is 5.56 Å². The number of halogens is 3. The zero-order valence-corrected chi connectivity index (χ0v) is 16.7. The van der Waals surface area contributed by atoms with Gasteiger partial charge in [-0.3, -0.25) is 9.36 Å². The summed E-state index contributed by atoms with van der Waals surface area (Å²) >= 11 is 0. The molecule has 1 amide bonds. The Bertz CT molecular complexity index is 921. The number of piperidine rings is 1. The first-order chi connectivity index (χ1) is 13.6. The van der Waals surface area contributed by atoms with Crippen molar-refractivity contribution in [2.45, 2.75) is 51.2 Å². The highest BCUT2D eigenvalue weighted by Crippen LogP contribution is 2.28. The van der Waals surface area contributed by atoms with E-state index >= 15 is 0 Å². The fourth-order valence-corrected chi connectivity index (χ4v) is 3.61. The summed E-state index contributed by atoms with van der Waals surface area (Å²) in [7, 11) is 1.07. The number of nitrogens with zero attached hydrogens (tertiary/aromatic N) is 4. The van der Waals surface area contributed by atoms with E-state index in [-0.39, 0.29) is 12.3 Å². The number of carbonyl (C=O) groups is 1. The van der Waals surface area contributed by atoms with Gasteiger partial charge in [-0.15, -0.1) is 5.10 Å². The lowest BCUT2D eigenvalue weighted by atomic mass is 10.00. The zero-order valence-electron chi connectivity index (χ0n) is 16.7. The lowest BCUT2D eigenvalue weighted by Crippen LogP contribution is -2.41. The fraction of sp³-hybridized carbons (Fsp3) is 0.550. The van der Waals surface area contributed by atoms with Gasteiger partial charge in [0, 0.05) is 20.1 Å². The molecule has 0 saturated carbocycles. The van der Waals surface area contributed by atoms with Gasteiger partial charge in [0.25, 0.3) is 0 Å². The monoisotopic (exact) mass is 410 g/mol. The van der Waals surface area contributed by atoms with Crippen LogP contribution in [0.3, 0.4) is 0 Å². The Labute approximate surface area is 166 Å². The standard InChI is InChI=1S/C20H25F3N4O2/c1-13(2)15-6-4-14(5-7-15)12-17(28)26-10-8-16(9-11-26)27-19(29)25(3)18(24-27)20(21,22)23/h4-7,13,16H,8-12H2,1-3H3. The van der Waals surface area contributed by atoms with Crippen LogP contribution in [0.25, 0.3) is 0 Å². The second kappa shape index (κ2) is 8.04. The molecule has 1 aromatic carbocycles. The molecule has 6 nitrogen and oxygen atoms in total. The summed E-state index contributed by atoms with van der Waals surface area (Å²) in [4.78, 5) is 26.4. The van der Waals surface area contributed by atoms with Crippen molar-refractivity contribution < 1.29 is 18.0 Å². The molecule has 2 aromatic rings. The van der Waals surface area contributed by atoms with Crippen LogP contribution in [0.1, 0.15) is 55.6 Å². The van der Waals surface area contributed by atoms with E-state index < -0.39 is 23.7 Å². The van der Waals surface area contributed by atoms with Gasteiger partial charge in [-0.05, 0) is 29.9 Å². The van der Waals surface area contributed by atoms with Crippen molar-refractivity contribution in [2.75, 3.05) is 13.1 Å². The molecule has 0 aliphatic carbocycles. The van der Waals surface area contributed by atoms with Crippen LogP contribution < -0.4 is 5.69 Å². The van der Waals surface area contributed by atoms with Gasteiger partial charge in [0.15, 0.2) is 0 Å². The van der Waals surface area contributed by atoms with Crippen molar-refractivity contribution in [1.82, 2.24) is 19.2 Å². The molecule has 29 heavy (non-hydrogen) atoms. The minimum atomic E-state index is -4.68. The summed E-state index contributed by atoms with van der Waals surface area (Å²) in [6.07, 6.45) is -3.61. The van der Waals surface area contributed by atoms with Gasteiger partial charge >= 0.3 is 11.9 Å². The molecule has 158 valence electrons. The smallest absolute Gasteiger partial charge is 0.342 e. The molecule has 1 saturated heterocycles. The molecule has 3 rings (SSSR count). The van der Waals surface area contributed by atoms with E-state index in [9.17, 15) is 22.8 Å². The first kappa shape index (κ1) is 21.1. The number of hydrogen-bond acceptors (Lipinski definition) is 3. The molecule has 0 atom stereocenters. The molecule has 2 heterocycles. The Morgan fingerprint density at radius 3 is 2.24 bits per heavy atom. The Kier molecular flexibility index (Phi) is 5.86. The molecule has 1 aliphatic heterocycles. The first-order valence-electron chi connectivity index (χ1n) is 9.67. The molecule has 0 bridgehead atoms. The van der Waals surface area contributed by atoms with E-state index in [4.69, 9.17) is 0 Å². The van der Waals surface area contributed by atoms with E-state index in [1.807, 2.05) is 24.3 Å². The van der Waals surface area contributed by atoms with Gasteiger partial charge in [-0.1, -0.05) is 38.1 Å². The van der Waals surface area contributed by atoms with E-state index in [0.29, 0.717) is 36.4 Å². The summed E-state index contributed by atoms with van der Waals surface area (Å²) in [6.45, 7) is 4.99. The Hall–Kier alpha value is -2.58. The van der Waals surface area contributed by atoms with Crippen LogP contribution in [0, 0.1) is 0 Å². The summed E-state index contributed by atoms with van der Waals surface area (Å²) in [6, 6.07) is 7.49. The number of benzene rings is 1. The quantitative estimate of drug-likeness (QED) is 0.778. The normalized spacial score (nSPS) is 15.9. The number of carbonyl (C=O) groups excluding carboxylic acids is 1. The van der Waals surface area contributed by atoms with Crippen molar-refractivity contribution in [3.05, 3.63) is 51.7 Å². The minimum absolute atomic E-state index is 0.0231. The number of alkyl halides is 3. The van der Waals surface area contributed by atoms with Crippen LogP contribution >= 0.6 is 0 Å². The molecule has 0 spiro atoms. The van der Waals surface area contributed by atoms with Crippen molar-refractivity contribution in [3.63, 3.8) is 0 Å². The number of likely N-dealkylation sites (tertiary alicyclic amines) is 1. The van der Waals surface area contributed by atoms with Crippen molar-refractivity contribution >= 4 is 5.91 Å². The second-order valence-corrected chi connectivity index (χ2v) is 7.79. The molecule has 1 aromatic heterocycles. The Morgan fingerprint density at radius 1 is 1.17 bits per heavy atom. The van der Waals surface area contributed by atoms with Crippen LogP contribution in [0.4, 0.5) is 13.2 Å². The van der Waals surface area contributed by atoms with Crippen molar-refractivity contribution in [2.24, 2.45) is 7.05 Å². The number of amides is 1. The maximum absolute atomic E-state index is 13.0. The van der Waals surface area contributed by atoms with E-state index in [0.717, 1.165) is 17.3 Å². The Morgan fingerprint density at radius 2 is 1.76 bits per heavy atom. The van der Waals surface area contributed by atoms with Crippen molar-refractivity contribution in [3.8, 4) is 0 Å². The third kappa shape index (κ3) is 4.54. The van der Waals surface area contributed by atoms with Crippen LogP contribution in [0.15, 0.2) is 29.1 Å². The molecule has 9 heteroatoms. The van der Waals surface area contributed by atoms with E-state index in [2.05, 4.69) is 18.9 Å². The van der Waals surface area contributed by atoms with Gasteiger partial charge < -0.3 is 4.90 Å². The van der Waals surface area contributed by atoms with Gasteiger partial charge in [0.2, 0.25) is 11.7 Å². The lowest BCUT2D eigenvalue weighted by Gasteiger charge is -2.31. The molecule has 1 aliphatic rings. The molecule has 1 fully saturated rings. The third-order valence-corrected chi connectivity index (χ3v) is 5.42. The molecule has 0 N–H and O–H groups in total. The molecule has 0 unspecified atom stereocenters. The van der Waals surface area contributed by atoms with Crippen LogP contribution in [0.5, 0.6) is 0 Å². The number of rotatable bonds is 4. The van der Waals surface area contributed by atoms with Gasteiger partial charge in [0.1, 0.15) is 0 Å². The summed E-state index contributed by atoms with van der Waals surface area (Å²) in [5, 5.41) is 3.50. The Balaban J connectivity index is 1.62. The fourth-order valence-electron chi connectivity index (χ4n) is 3.61. The van der Waals surface area contributed by atoms with E-state index in [1.54, 1.807) is 4.90 Å². The zero-order chi connectivity index (χ0) is 21.3. The summed E-state index contributed by atoms with van der Waals surface area (Å²) < 4.78 is 40.3. The molecular weight excluding hydrogens is 385 g/mol. The van der Waals surface area contributed by atoms with Crippen LogP contribution in [-0.2, 0) is 24.4 Å². The minimum Gasteiger partial charge on any atom is -0.342 e. The average Bonchev–Trinajstić information content (AvgIpc) is 2.97. The third-order valence-electron chi connectivity index (χ3n) is 5.42. The predicted octanol–water partition coefficient (Wildman–Crippen LogP) is 3.13. The highest BCUT2D eigenvalue weighted by atomic mass is 19.4. The van der Waals surface area contributed by atoms with Crippen LogP contribution in [-0.4, -0.2) is 38.2 Å².